The highest BCUT2D eigenvalue weighted by atomic mass is 19.1. The van der Waals surface area contributed by atoms with Gasteiger partial charge in [-0.25, -0.2) is 4.39 Å². The number of methoxy groups -OCH3 is 2. The molecule has 0 unspecified atom stereocenters. The van der Waals surface area contributed by atoms with E-state index in [2.05, 4.69) is 4.98 Å². The fourth-order valence-corrected chi connectivity index (χ4v) is 4.00. The molecule has 162 valence electrons. The first-order valence-corrected chi connectivity index (χ1v) is 10.0. The standard InChI is InChI=1S/C23H24FN3O4/c1-14-11-15(24)12-18-17(14)13-19(25-18)23(29)27-9-7-26(8-10-27)22(28)16-5-4-6-20(30-2)21(16)31-3/h4-6,11-13,25H,7-10H2,1-3H3. The van der Waals surface area contributed by atoms with Crippen LogP contribution in [0.3, 0.4) is 0 Å². The highest BCUT2D eigenvalue weighted by Crippen LogP contribution is 2.31. The molecule has 2 aromatic carbocycles. The van der Waals surface area contributed by atoms with Gasteiger partial charge in [0.15, 0.2) is 11.5 Å². The van der Waals surface area contributed by atoms with Crippen molar-refractivity contribution in [3.05, 3.63) is 59.0 Å². The summed E-state index contributed by atoms with van der Waals surface area (Å²) in [5, 5.41) is 0.823. The smallest absolute Gasteiger partial charge is 0.270 e. The first kappa shape index (κ1) is 20.7. The Morgan fingerprint density at radius 1 is 0.968 bits per heavy atom. The highest BCUT2D eigenvalue weighted by Gasteiger charge is 2.28. The summed E-state index contributed by atoms with van der Waals surface area (Å²) in [7, 11) is 3.02. The van der Waals surface area contributed by atoms with Gasteiger partial charge in [0.25, 0.3) is 11.8 Å². The number of benzene rings is 2. The van der Waals surface area contributed by atoms with Gasteiger partial charge in [0.1, 0.15) is 11.5 Å². The second-order valence-corrected chi connectivity index (χ2v) is 7.49. The molecule has 31 heavy (non-hydrogen) atoms. The van der Waals surface area contributed by atoms with Crippen molar-refractivity contribution in [3.63, 3.8) is 0 Å². The van der Waals surface area contributed by atoms with Gasteiger partial charge in [-0.2, -0.15) is 0 Å². The van der Waals surface area contributed by atoms with E-state index in [1.165, 1.54) is 26.4 Å². The number of ether oxygens (including phenoxy) is 2. The van der Waals surface area contributed by atoms with E-state index < -0.39 is 0 Å². The number of amides is 2. The number of aryl methyl sites for hydroxylation is 1. The van der Waals surface area contributed by atoms with Crippen molar-refractivity contribution in [3.8, 4) is 11.5 Å². The second-order valence-electron chi connectivity index (χ2n) is 7.49. The molecular weight excluding hydrogens is 401 g/mol. The number of carbonyl (C=O) groups excluding carboxylic acids is 2. The average Bonchev–Trinajstić information content (AvgIpc) is 3.22. The largest absolute Gasteiger partial charge is 0.493 e. The van der Waals surface area contributed by atoms with Crippen LogP contribution < -0.4 is 9.47 Å². The Morgan fingerprint density at radius 3 is 2.29 bits per heavy atom. The van der Waals surface area contributed by atoms with Gasteiger partial charge in [0, 0.05) is 37.1 Å². The number of aromatic nitrogens is 1. The van der Waals surface area contributed by atoms with E-state index in [4.69, 9.17) is 9.47 Å². The van der Waals surface area contributed by atoms with Gasteiger partial charge in [-0.3, -0.25) is 9.59 Å². The number of carbonyl (C=O) groups is 2. The molecule has 1 aromatic heterocycles. The quantitative estimate of drug-likeness (QED) is 0.697. The first-order valence-electron chi connectivity index (χ1n) is 10.0. The number of hydrogen-bond donors (Lipinski definition) is 1. The van der Waals surface area contributed by atoms with E-state index in [-0.39, 0.29) is 17.6 Å². The van der Waals surface area contributed by atoms with Crippen LogP contribution in [0.5, 0.6) is 11.5 Å². The normalized spacial score (nSPS) is 14.1. The lowest BCUT2D eigenvalue weighted by atomic mass is 10.1. The predicted molar refractivity (Wildman–Crippen MR) is 114 cm³/mol. The van der Waals surface area contributed by atoms with Crippen molar-refractivity contribution in [2.45, 2.75) is 6.92 Å². The fraction of sp³-hybridized carbons (Fsp3) is 0.304. The number of fused-ring (bicyclic) bond motifs is 1. The fourth-order valence-electron chi connectivity index (χ4n) is 4.00. The number of rotatable bonds is 4. The first-order chi connectivity index (χ1) is 14.9. The molecule has 0 spiro atoms. The molecule has 1 saturated heterocycles. The molecule has 0 aliphatic carbocycles. The van der Waals surface area contributed by atoms with Gasteiger partial charge in [0.05, 0.1) is 19.8 Å². The number of nitrogens with one attached hydrogen (secondary N) is 1. The summed E-state index contributed by atoms with van der Waals surface area (Å²) < 4.78 is 24.3. The van der Waals surface area contributed by atoms with Crippen LogP contribution in [0.25, 0.3) is 10.9 Å². The van der Waals surface area contributed by atoms with E-state index in [1.54, 1.807) is 34.1 Å². The van der Waals surface area contributed by atoms with Crippen molar-refractivity contribution in [1.82, 2.24) is 14.8 Å². The summed E-state index contributed by atoms with van der Waals surface area (Å²) in [5.41, 5.74) is 2.21. The summed E-state index contributed by atoms with van der Waals surface area (Å²) >= 11 is 0. The SMILES string of the molecule is COc1cccc(C(=O)N2CCN(C(=O)c3cc4c(C)cc(F)cc4[nH]3)CC2)c1OC. The van der Waals surface area contributed by atoms with Gasteiger partial charge >= 0.3 is 0 Å². The van der Waals surface area contributed by atoms with E-state index in [9.17, 15) is 14.0 Å². The molecule has 0 saturated carbocycles. The van der Waals surface area contributed by atoms with Gasteiger partial charge in [-0.15, -0.1) is 0 Å². The molecule has 4 rings (SSSR count). The van der Waals surface area contributed by atoms with E-state index in [1.807, 2.05) is 6.92 Å². The number of aromatic amines is 1. The number of para-hydroxylation sites is 1. The van der Waals surface area contributed by atoms with E-state index in [0.717, 1.165) is 10.9 Å². The van der Waals surface area contributed by atoms with Crippen LogP contribution in [0, 0.1) is 12.7 Å². The van der Waals surface area contributed by atoms with Crippen molar-refractivity contribution in [2.24, 2.45) is 0 Å². The molecule has 1 fully saturated rings. The van der Waals surface area contributed by atoms with Crippen LogP contribution >= 0.6 is 0 Å². The zero-order valence-corrected chi connectivity index (χ0v) is 17.7. The minimum atomic E-state index is -0.342. The molecule has 0 radical (unpaired) electrons. The summed E-state index contributed by atoms with van der Waals surface area (Å²) in [5.74, 6) is 0.217. The molecule has 7 nitrogen and oxygen atoms in total. The number of piperazine rings is 1. The molecular formula is C23H24FN3O4. The average molecular weight is 425 g/mol. The maximum absolute atomic E-state index is 13.7. The maximum Gasteiger partial charge on any atom is 0.270 e. The summed E-state index contributed by atoms with van der Waals surface area (Å²) in [6.07, 6.45) is 0. The van der Waals surface area contributed by atoms with Crippen LogP contribution in [0.2, 0.25) is 0 Å². The summed E-state index contributed by atoms with van der Waals surface area (Å²) in [4.78, 5) is 32.4. The van der Waals surface area contributed by atoms with Crippen molar-refractivity contribution < 1.29 is 23.5 Å². The lowest BCUT2D eigenvalue weighted by molar-refractivity contribution is 0.0530. The third kappa shape index (κ3) is 3.81. The Labute approximate surface area is 179 Å². The van der Waals surface area contributed by atoms with Gasteiger partial charge in [-0.05, 0) is 42.8 Å². The zero-order valence-electron chi connectivity index (χ0n) is 17.7. The lowest BCUT2D eigenvalue weighted by Gasteiger charge is -2.34. The Morgan fingerprint density at radius 2 is 1.65 bits per heavy atom. The lowest BCUT2D eigenvalue weighted by Crippen LogP contribution is -2.50. The van der Waals surface area contributed by atoms with Crippen LogP contribution in [-0.4, -0.2) is 67.0 Å². The second kappa shape index (κ2) is 8.29. The van der Waals surface area contributed by atoms with Crippen LogP contribution in [-0.2, 0) is 0 Å². The third-order valence-electron chi connectivity index (χ3n) is 5.63. The molecule has 2 amide bonds. The molecule has 2 heterocycles. The minimum Gasteiger partial charge on any atom is -0.493 e. The topological polar surface area (TPSA) is 74.9 Å². The molecule has 1 aliphatic rings. The Hall–Kier alpha value is -3.55. The predicted octanol–water partition coefficient (Wildman–Crippen LogP) is 3.23. The Bertz CT molecular complexity index is 1150. The Balaban J connectivity index is 1.47. The summed E-state index contributed by atoms with van der Waals surface area (Å²) in [6, 6.07) is 9.77. The van der Waals surface area contributed by atoms with Gasteiger partial charge in [0.2, 0.25) is 0 Å². The van der Waals surface area contributed by atoms with E-state index in [0.29, 0.717) is 54.5 Å². The van der Waals surface area contributed by atoms with Crippen molar-refractivity contribution in [2.75, 3.05) is 40.4 Å². The molecule has 0 bridgehead atoms. The highest BCUT2D eigenvalue weighted by molar-refractivity contribution is 6.00. The third-order valence-corrected chi connectivity index (χ3v) is 5.63. The van der Waals surface area contributed by atoms with Crippen LogP contribution in [0.4, 0.5) is 4.39 Å². The molecule has 3 aromatic rings. The molecule has 1 aliphatic heterocycles. The van der Waals surface area contributed by atoms with Gasteiger partial charge < -0.3 is 24.3 Å². The monoisotopic (exact) mass is 425 g/mol. The Kier molecular flexibility index (Phi) is 5.54. The molecule has 8 heteroatoms. The number of halogens is 1. The van der Waals surface area contributed by atoms with Crippen LogP contribution in [0.15, 0.2) is 36.4 Å². The zero-order chi connectivity index (χ0) is 22.1. The number of nitrogens with zero attached hydrogens (tertiary/aromatic N) is 2. The van der Waals surface area contributed by atoms with Crippen LogP contribution in [0.1, 0.15) is 26.4 Å². The number of hydrogen-bond acceptors (Lipinski definition) is 4. The molecule has 1 N–H and O–H groups in total. The summed E-state index contributed by atoms with van der Waals surface area (Å²) in [6.45, 7) is 3.42. The van der Waals surface area contributed by atoms with Gasteiger partial charge in [-0.1, -0.05) is 6.07 Å². The maximum atomic E-state index is 13.7. The number of H-pyrrole nitrogens is 1. The van der Waals surface area contributed by atoms with Crippen molar-refractivity contribution >= 4 is 22.7 Å². The minimum absolute atomic E-state index is 0.165. The molecule has 0 atom stereocenters. The van der Waals surface area contributed by atoms with Crippen molar-refractivity contribution in [1.29, 1.82) is 0 Å². The van der Waals surface area contributed by atoms with E-state index >= 15 is 0 Å².